The second-order valence-electron chi connectivity index (χ2n) is 6.94. The van der Waals surface area contributed by atoms with E-state index in [4.69, 9.17) is 11.5 Å². The van der Waals surface area contributed by atoms with E-state index in [0.717, 1.165) is 31.7 Å². The number of pyridine rings is 2. The van der Waals surface area contributed by atoms with Crippen molar-refractivity contribution in [2.24, 2.45) is 11.5 Å². The van der Waals surface area contributed by atoms with Crippen molar-refractivity contribution in [1.29, 1.82) is 0 Å². The first-order valence-corrected chi connectivity index (χ1v) is 9.35. The average molecular weight is 401 g/mol. The largest absolute Gasteiger partial charge is 0.365 e. The Morgan fingerprint density at radius 1 is 1.17 bits per heavy atom. The quantitative estimate of drug-likeness (QED) is 0.492. The van der Waals surface area contributed by atoms with E-state index in [2.05, 4.69) is 25.9 Å². The molecule has 1 aliphatic carbocycles. The van der Waals surface area contributed by atoms with Crippen LogP contribution in [0.15, 0.2) is 24.5 Å². The van der Waals surface area contributed by atoms with Gasteiger partial charge in [0.2, 0.25) is 0 Å². The SMILES string of the molecule is CNC(=O)c1cncc(Nc2nc(N[C@@H]3CCCC[C@@H]3N)c(F)cc2C(N)=O)c1. The molecule has 0 saturated heterocycles. The second-order valence-corrected chi connectivity index (χ2v) is 6.94. The highest BCUT2D eigenvalue weighted by molar-refractivity contribution is 5.99. The summed E-state index contributed by atoms with van der Waals surface area (Å²) in [6.07, 6.45) is 6.54. The Labute approximate surface area is 167 Å². The van der Waals surface area contributed by atoms with E-state index < -0.39 is 11.7 Å². The molecule has 1 fully saturated rings. The number of primary amides is 1. The summed E-state index contributed by atoms with van der Waals surface area (Å²) in [5, 5.41) is 8.44. The van der Waals surface area contributed by atoms with Crippen LogP contribution >= 0.6 is 0 Å². The van der Waals surface area contributed by atoms with E-state index in [9.17, 15) is 14.0 Å². The number of halogens is 1. The van der Waals surface area contributed by atoms with Crippen molar-refractivity contribution < 1.29 is 14.0 Å². The molecule has 2 aromatic heterocycles. The van der Waals surface area contributed by atoms with E-state index in [0.29, 0.717) is 11.3 Å². The van der Waals surface area contributed by atoms with Crippen molar-refractivity contribution in [2.75, 3.05) is 17.7 Å². The van der Waals surface area contributed by atoms with E-state index >= 15 is 0 Å². The van der Waals surface area contributed by atoms with Gasteiger partial charge >= 0.3 is 0 Å². The van der Waals surface area contributed by atoms with Crippen molar-refractivity contribution in [2.45, 2.75) is 37.8 Å². The Bertz CT molecular complexity index is 921. The normalized spacial score (nSPS) is 18.7. The van der Waals surface area contributed by atoms with Crippen LogP contribution in [-0.4, -0.2) is 40.9 Å². The molecule has 29 heavy (non-hydrogen) atoms. The second kappa shape index (κ2) is 8.82. The Morgan fingerprint density at radius 3 is 2.62 bits per heavy atom. The smallest absolute Gasteiger partial charge is 0.252 e. The summed E-state index contributed by atoms with van der Waals surface area (Å²) in [6.45, 7) is 0. The van der Waals surface area contributed by atoms with Crippen molar-refractivity contribution >= 4 is 29.1 Å². The molecule has 2 atom stereocenters. The van der Waals surface area contributed by atoms with Gasteiger partial charge in [0.25, 0.3) is 11.8 Å². The van der Waals surface area contributed by atoms with Gasteiger partial charge < -0.3 is 27.4 Å². The van der Waals surface area contributed by atoms with Gasteiger partial charge in [-0.1, -0.05) is 12.8 Å². The number of nitrogens with two attached hydrogens (primary N) is 2. The molecule has 0 spiro atoms. The minimum atomic E-state index is -0.838. The van der Waals surface area contributed by atoms with E-state index in [1.54, 1.807) is 0 Å². The highest BCUT2D eigenvalue weighted by Gasteiger charge is 2.24. The van der Waals surface area contributed by atoms with Gasteiger partial charge in [-0.2, -0.15) is 0 Å². The monoisotopic (exact) mass is 401 g/mol. The number of carbonyl (C=O) groups excluding carboxylic acids is 2. The van der Waals surface area contributed by atoms with E-state index in [1.165, 1.54) is 25.5 Å². The van der Waals surface area contributed by atoms with Gasteiger partial charge in [0.05, 0.1) is 23.0 Å². The summed E-state index contributed by atoms with van der Waals surface area (Å²) >= 11 is 0. The number of hydrogen-bond acceptors (Lipinski definition) is 7. The van der Waals surface area contributed by atoms with Gasteiger partial charge in [-0.3, -0.25) is 14.6 Å². The van der Waals surface area contributed by atoms with Gasteiger partial charge in [-0.25, -0.2) is 9.37 Å². The summed E-state index contributed by atoms with van der Waals surface area (Å²) in [7, 11) is 1.50. The van der Waals surface area contributed by atoms with E-state index in [1.807, 2.05) is 0 Å². The number of rotatable bonds is 6. The Kier molecular flexibility index (Phi) is 6.23. The topological polar surface area (TPSA) is 148 Å². The lowest BCUT2D eigenvalue weighted by atomic mass is 9.91. The zero-order chi connectivity index (χ0) is 21.0. The van der Waals surface area contributed by atoms with Crippen molar-refractivity contribution in [3.05, 3.63) is 41.5 Å². The first-order valence-electron chi connectivity index (χ1n) is 9.35. The molecule has 154 valence electrons. The molecule has 2 amide bonds. The highest BCUT2D eigenvalue weighted by atomic mass is 19.1. The number of hydrogen-bond donors (Lipinski definition) is 5. The lowest BCUT2D eigenvalue weighted by molar-refractivity contribution is 0.0961. The van der Waals surface area contributed by atoms with Gasteiger partial charge in [-0.15, -0.1) is 0 Å². The Hall–Kier alpha value is -3.27. The first kappa shape index (κ1) is 20.5. The standard InChI is InChI=1S/C19H24FN7O2/c1-23-19(29)10-6-11(9-24-8-10)25-17-12(16(22)28)7-13(20)18(27-17)26-15-5-3-2-4-14(15)21/h6-9,14-15H,2-5,21H2,1H3,(H2,22,28)(H,23,29)(H2,25,26,27)/t14-,15+/m0/s1. The van der Waals surface area contributed by atoms with Crippen LogP contribution in [0.5, 0.6) is 0 Å². The molecule has 0 aliphatic heterocycles. The summed E-state index contributed by atoms with van der Waals surface area (Å²) in [6, 6.07) is 2.35. The molecule has 0 radical (unpaired) electrons. The van der Waals surface area contributed by atoms with Crippen LogP contribution in [0.4, 0.5) is 21.7 Å². The predicted molar refractivity (Wildman–Crippen MR) is 107 cm³/mol. The molecule has 0 bridgehead atoms. The Morgan fingerprint density at radius 2 is 1.93 bits per heavy atom. The molecule has 7 N–H and O–H groups in total. The summed E-state index contributed by atoms with van der Waals surface area (Å²) < 4.78 is 14.6. The van der Waals surface area contributed by atoms with Gasteiger partial charge in [0.1, 0.15) is 5.82 Å². The maximum Gasteiger partial charge on any atom is 0.252 e. The van der Waals surface area contributed by atoms with Crippen molar-refractivity contribution in [3.63, 3.8) is 0 Å². The number of aromatic nitrogens is 2. The minimum absolute atomic E-state index is 0.0183. The van der Waals surface area contributed by atoms with Gasteiger partial charge in [-0.05, 0) is 25.0 Å². The Balaban J connectivity index is 1.92. The third-order valence-corrected chi connectivity index (χ3v) is 4.87. The lowest BCUT2D eigenvalue weighted by Crippen LogP contribution is -2.43. The third-order valence-electron chi connectivity index (χ3n) is 4.87. The van der Waals surface area contributed by atoms with Crippen LogP contribution in [0.3, 0.4) is 0 Å². The molecule has 0 aromatic carbocycles. The van der Waals surface area contributed by atoms with Crippen LogP contribution in [-0.2, 0) is 0 Å². The molecule has 2 aromatic rings. The average Bonchev–Trinajstić information content (AvgIpc) is 2.71. The summed E-state index contributed by atoms with van der Waals surface area (Å²) in [5.74, 6) is -1.82. The number of nitrogens with zero attached hydrogens (tertiary/aromatic N) is 2. The maximum absolute atomic E-state index is 14.6. The number of carbonyl (C=O) groups is 2. The lowest BCUT2D eigenvalue weighted by Gasteiger charge is -2.30. The molecule has 3 rings (SSSR count). The number of amides is 2. The minimum Gasteiger partial charge on any atom is -0.365 e. The molecule has 9 nitrogen and oxygen atoms in total. The number of nitrogens with one attached hydrogen (secondary N) is 3. The van der Waals surface area contributed by atoms with Gasteiger partial charge in [0, 0.05) is 25.3 Å². The third kappa shape index (κ3) is 4.77. The van der Waals surface area contributed by atoms with Crippen LogP contribution in [0.2, 0.25) is 0 Å². The molecule has 2 heterocycles. The van der Waals surface area contributed by atoms with Crippen LogP contribution < -0.4 is 27.4 Å². The summed E-state index contributed by atoms with van der Waals surface area (Å²) in [5.41, 5.74) is 12.1. The fourth-order valence-corrected chi connectivity index (χ4v) is 3.30. The fourth-order valence-electron chi connectivity index (χ4n) is 3.30. The fraction of sp³-hybridized carbons (Fsp3) is 0.368. The van der Waals surface area contributed by atoms with Crippen molar-refractivity contribution in [1.82, 2.24) is 15.3 Å². The van der Waals surface area contributed by atoms with Crippen LogP contribution in [0, 0.1) is 5.82 Å². The zero-order valence-corrected chi connectivity index (χ0v) is 16.0. The molecule has 1 saturated carbocycles. The number of anilines is 3. The molecular weight excluding hydrogens is 377 g/mol. The van der Waals surface area contributed by atoms with Crippen LogP contribution in [0.1, 0.15) is 46.4 Å². The molecule has 1 aliphatic rings. The summed E-state index contributed by atoms with van der Waals surface area (Å²) in [4.78, 5) is 31.8. The first-order chi connectivity index (χ1) is 13.9. The van der Waals surface area contributed by atoms with Crippen LogP contribution in [0.25, 0.3) is 0 Å². The molecule has 10 heteroatoms. The van der Waals surface area contributed by atoms with Crippen molar-refractivity contribution in [3.8, 4) is 0 Å². The molecular formula is C19H24FN7O2. The highest BCUT2D eigenvalue weighted by Crippen LogP contribution is 2.26. The predicted octanol–water partition coefficient (Wildman–Crippen LogP) is 1.50. The van der Waals surface area contributed by atoms with E-state index in [-0.39, 0.29) is 35.2 Å². The zero-order valence-electron chi connectivity index (χ0n) is 16.0. The van der Waals surface area contributed by atoms with Gasteiger partial charge in [0.15, 0.2) is 11.6 Å². The maximum atomic E-state index is 14.6. The molecule has 0 unspecified atom stereocenters.